The lowest BCUT2D eigenvalue weighted by atomic mass is 9.87. The van der Waals surface area contributed by atoms with Crippen LogP contribution in [0.4, 0.5) is 0 Å². The Balaban J connectivity index is 1.53. The van der Waals surface area contributed by atoms with Gasteiger partial charge in [-0.05, 0) is 80.5 Å². The Labute approximate surface area is 162 Å². The molecule has 2 heterocycles. The van der Waals surface area contributed by atoms with Crippen LogP contribution in [0.3, 0.4) is 0 Å². The van der Waals surface area contributed by atoms with Gasteiger partial charge in [0.25, 0.3) is 0 Å². The molecule has 27 heavy (non-hydrogen) atoms. The molecule has 2 aromatic carbocycles. The van der Waals surface area contributed by atoms with Crippen LogP contribution in [0.1, 0.15) is 46.4 Å². The molecule has 1 aromatic heterocycles. The molecule has 0 unspecified atom stereocenters. The number of aryl methyl sites for hydroxylation is 4. The van der Waals surface area contributed by atoms with Crippen molar-refractivity contribution in [1.29, 1.82) is 0 Å². The highest BCUT2D eigenvalue weighted by atomic mass is 15.1. The summed E-state index contributed by atoms with van der Waals surface area (Å²) in [7, 11) is 2.25. The van der Waals surface area contributed by atoms with Gasteiger partial charge < -0.3 is 9.47 Å². The number of rotatable bonds is 3. The molecule has 1 aliphatic carbocycles. The largest absolute Gasteiger partial charge is 0.344 e. The molecule has 1 aliphatic heterocycles. The van der Waals surface area contributed by atoms with Crippen molar-refractivity contribution < 1.29 is 0 Å². The predicted octanol–water partition coefficient (Wildman–Crippen LogP) is 5.06. The van der Waals surface area contributed by atoms with Gasteiger partial charge in [0.15, 0.2) is 0 Å². The number of nitrogens with zero attached hydrogens (tertiary/aromatic N) is 2. The first kappa shape index (κ1) is 17.1. The van der Waals surface area contributed by atoms with Gasteiger partial charge in [0, 0.05) is 42.7 Å². The summed E-state index contributed by atoms with van der Waals surface area (Å²) in [5.74, 6) is 0. The number of hydrogen-bond acceptors (Lipinski definition) is 1. The highest BCUT2D eigenvalue weighted by molar-refractivity contribution is 5.86. The van der Waals surface area contributed by atoms with E-state index in [4.69, 9.17) is 0 Å². The van der Waals surface area contributed by atoms with E-state index < -0.39 is 0 Å². The molecule has 0 saturated heterocycles. The predicted molar refractivity (Wildman–Crippen MR) is 114 cm³/mol. The van der Waals surface area contributed by atoms with E-state index in [1.165, 1.54) is 55.1 Å². The molecule has 140 valence electrons. The van der Waals surface area contributed by atoms with Crippen LogP contribution in [0.15, 0.2) is 36.4 Å². The van der Waals surface area contributed by atoms with Gasteiger partial charge in [0.05, 0.1) is 0 Å². The zero-order valence-corrected chi connectivity index (χ0v) is 16.7. The molecule has 0 amide bonds. The highest BCUT2D eigenvalue weighted by Crippen LogP contribution is 2.32. The van der Waals surface area contributed by atoms with Crippen molar-refractivity contribution in [2.45, 2.75) is 58.5 Å². The molecule has 2 heteroatoms. The molecule has 0 fully saturated rings. The number of benzene rings is 2. The maximum Gasteiger partial charge on any atom is 0.0486 e. The Bertz CT molecular complexity index is 995. The molecule has 0 spiro atoms. The minimum Gasteiger partial charge on any atom is -0.344 e. The summed E-state index contributed by atoms with van der Waals surface area (Å²) in [5.41, 5.74) is 10.8. The summed E-state index contributed by atoms with van der Waals surface area (Å²) in [4.78, 5) is 2.46. The average molecular weight is 359 g/mol. The monoisotopic (exact) mass is 358 g/mol. The maximum atomic E-state index is 2.64. The van der Waals surface area contributed by atoms with E-state index in [1.54, 1.807) is 27.9 Å². The van der Waals surface area contributed by atoms with Gasteiger partial charge in [-0.1, -0.05) is 29.8 Å². The molecule has 3 aromatic rings. The number of likely N-dealkylation sites (N-methyl/N-ethyl adjacent to an activating group) is 1. The van der Waals surface area contributed by atoms with Crippen LogP contribution < -0.4 is 0 Å². The van der Waals surface area contributed by atoms with Crippen molar-refractivity contribution in [2.75, 3.05) is 13.6 Å². The number of fused-ring (bicyclic) bond motifs is 4. The van der Waals surface area contributed by atoms with Crippen molar-refractivity contribution in [3.63, 3.8) is 0 Å². The van der Waals surface area contributed by atoms with Gasteiger partial charge in [-0.15, -0.1) is 0 Å². The first-order chi connectivity index (χ1) is 13.2. The van der Waals surface area contributed by atoms with Crippen molar-refractivity contribution >= 4 is 10.9 Å². The van der Waals surface area contributed by atoms with E-state index in [1.807, 2.05) is 0 Å². The third-order valence-corrected chi connectivity index (χ3v) is 6.70. The highest BCUT2D eigenvalue weighted by Gasteiger charge is 2.22. The van der Waals surface area contributed by atoms with E-state index in [9.17, 15) is 0 Å². The van der Waals surface area contributed by atoms with E-state index in [-0.39, 0.29) is 0 Å². The summed E-state index contributed by atoms with van der Waals surface area (Å²) < 4.78 is 2.64. The molecule has 0 saturated carbocycles. The van der Waals surface area contributed by atoms with Crippen LogP contribution in [-0.4, -0.2) is 23.1 Å². The molecule has 5 rings (SSSR count). The van der Waals surface area contributed by atoms with Gasteiger partial charge in [-0.3, -0.25) is 0 Å². The zero-order chi connectivity index (χ0) is 18.4. The van der Waals surface area contributed by atoms with Crippen LogP contribution >= 0.6 is 0 Å². The minimum absolute atomic E-state index is 1.09. The first-order valence-electron chi connectivity index (χ1n) is 10.6. The second-order valence-electron chi connectivity index (χ2n) is 8.60. The van der Waals surface area contributed by atoms with Gasteiger partial charge in [-0.25, -0.2) is 0 Å². The van der Waals surface area contributed by atoms with E-state index >= 15 is 0 Å². The Hall–Kier alpha value is -2.06. The maximum absolute atomic E-state index is 2.64. The zero-order valence-electron chi connectivity index (χ0n) is 16.7. The summed E-state index contributed by atoms with van der Waals surface area (Å²) in [5, 5.41) is 1.48. The molecular weight excluding hydrogens is 328 g/mol. The van der Waals surface area contributed by atoms with E-state index in [0.717, 1.165) is 19.5 Å². The molecule has 2 nitrogen and oxygen atoms in total. The SMILES string of the molecule is Cc1ccc2c(c1)c1c(n2CCc2cccc3c2CCCC3)CCN(C)C1. The normalized spacial score (nSPS) is 17.1. The van der Waals surface area contributed by atoms with Crippen LogP contribution in [0.2, 0.25) is 0 Å². The quantitative estimate of drug-likeness (QED) is 0.635. The van der Waals surface area contributed by atoms with Crippen LogP contribution in [0, 0.1) is 6.92 Å². The Morgan fingerprint density at radius 2 is 1.85 bits per heavy atom. The second-order valence-corrected chi connectivity index (χ2v) is 8.60. The minimum atomic E-state index is 1.09. The van der Waals surface area contributed by atoms with E-state index in [0.29, 0.717) is 0 Å². The van der Waals surface area contributed by atoms with E-state index in [2.05, 4.69) is 59.8 Å². The second kappa shape index (κ2) is 6.83. The fourth-order valence-electron chi connectivity index (χ4n) is 5.28. The molecule has 2 aliphatic rings. The smallest absolute Gasteiger partial charge is 0.0486 e. The third-order valence-electron chi connectivity index (χ3n) is 6.70. The Kier molecular flexibility index (Phi) is 4.32. The average Bonchev–Trinajstić information content (AvgIpc) is 2.98. The molecule has 0 atom stereocenters. The molecular formula is C25H30N2. The van der Waals surface area contributed by atoms with Crippen LogP contribution in [0.25, 0.3) is 10.9 Å². The van der Waals surface area contributed by atoms with Gasteiger partial charge in [0.1, 0.15) is 0 Å². The van der Waals surface area contributed by atoms with Gasteiger partial charge >= 0.3 is 0 Å². The fraction of sp³-hybridized carbons (Fsp3) is 0.440. The van der Waals surface area contributed by atoms with Crippen molar-refractivity contribution in [3.8, 4) is 0 Å². The lowest BCUT2D eigenvalue weighted by Gasteiger charge is -2.24. The summed E-state index contributed by atoms with van der Waals surface area (Å²) >= 11 is 0. The Morgan fingerprint density at radius 1 is 0.963 bits per heavy atom. The van der Waals surface area contributed by atoms with Gasteiger partial charge in [0.2, 0.25) is 0 Å². The topological polar surface area (TPSA) is 8.17 Å². The van der Waals surface area contributed by atoms with Crippen LogP contribution in [0.5, 0.6) is 0 Å². The number of hydrogen-bond donors (Lipinski definition) is 0. The summed E-state index contributed by atoms with van der Waals surface area (Å²) in [6.07, 6.45) is 7.60. The molecule has 0 bridgehead atoms. The van der Waals surface area contributed by atoms with Crippen molar-refractivity contribution in [1.82, 2.24) is 9.47 Å². The first-order valence-corrected chi connectivity index (χ1v) is 10.6. The summed E-state index contributed by atoms with van der Waals surface area (Å²) in [6.45, 7) is 5.58. The fourth-order valence-corrected chi connectivity index (χ4v) is 5.28. The summed E-state index contributed by atoms with van der Waals surface area (Å²) in [6, 6.07) is 14.0. The lowest BCUT2D eigenvalue weighted by Crippen LogP contribution is -2.27. The Morgan fingerprint density at radius 3 is 2.78 bits per heavy atom. The number of aromatic nitrogens is 1. The van der Waals surface area contributed by atoms with Crippen molar-refractivity contribution in [3.05, 3.63) is 69.9 Å². The molecule has 0 radical (unpaired) electrons. The van der Waals surface area contributed by atoms with Gasteiger partial charge in [-0.2, -0.15) is 0 Å². The lowest BCUT2D eigenvalue weighted by molar-refractivity contribution is 0.309. The third kappa shape index (κ3) is 3.00. The molecule has 0 N–H and O–H groups in total. The standard InChI is InChI=1S/C25H30N2/c1-18-10-11-24-22(16-18)23-17-26(2)14-13-25(23)27(24)15-12-20-8-5-7-19-6-3-4-9-21(19)20/h5,7-8,10-11,16H,3-4,6,9,12-15,17H2,1-2H3. The van der Waals surface area contributed by atoms with Crippen LogP contribution in [-0.2, 0) is 38.8 Å². The van der Waals surface area contributed by atoms with Crippen molar-refractivity contribution in [2.24, 2.45) is 0 Å².